The molecule has 0 spiro atoms. The van der Waals surface area contributed by atoms with Gasteiger partial charge in [-0.05, 0) is 50.9 Å². The molecule has 0 amide bonds. The van der Waals surface area contributed by atoms with Crippen molar-refractivity contribution in [1.82, 2.24) is 5.32 Å². The first-order chi connectivity index (χ1) is 10.6. The molecule has 1 aromatic carbocycles. The van der Waals surface area contributed by atoms with Crippen molar-refractivity contribution in [2.45, 2.75) is 32.3 Å². The maximum Gasteiger partial charge on any atom is 0.332 e. The van der Waals surface area contributed by atoms with Gasteiger partial charge >= 0.3 is 5.97 Å². The summed E-state index contributed by atoms with van der Waals surface area (Å²) in [7, 11) is 0. The van der Waals surface area contributed by atoms with E-state index in [0.29, 0.717) is 11.6 Å². The van der Waals surface area contributed by atoms with Crippen molar-refractivity contribution in [2.75, 3.05) is 26.3 Å². The van der Waals surface area contributed by atoms with Crippen LogP contribution in [0.2, 0.25) is 5.02 Å². The van der Waals surface area contributed by atoms with E-state index in [2.05, 4.69) is 5.32 Å². The van der Waals surface area contributed by atoms with Crippen LogP contribution < -0.4 is 5.32 Å². The lowest BCUT2D eigenvalue weighted by Crippen LogP contribution is -2.45. The standard InChI is InChI=1S/C17H24ClNO3/c1-3-21-16(20)12-22-17(2,14-7-5-9-19-11-14)13-6-4-8-15(18)10-13/h4,6,8,10,14,19H,3,5,7,9,11-12H2,1-2H3/t14?,17-/m0/s1. The van der Waals surface area contributed by atoms with Gasteiger partial charge in [-0.15, -0.1) is 0 Å². The van der Waals surface area contributed by atoms with E-state index in [-0.39, 0.29) is 18.5 Å². The van der Waals surface area contributed by atoms with Gasteiger partial charge in [-0.3, -0.25) is 0 Å². The maximum atomic E-state index is 11.7. The van der Waals surface area contributed by atoms with Gasteiger partial charge in [0.25, 0.3) is 0 Å². The average Bonchev–Trinajstić information content (AvgIpc) is 2.54. The Morgan fingerprint density at radius 1 is 1.50 bits per heavy atom. The first kappa shape index (κ1) is 17.3. The molecule has 1 aliphatic heterocycles. The van der Waals surface area contributed by atoms with Crippen LogP contribution in [0.3, 0.4) is 0 Å². The fraction of sp³-hybridized carbons (Fsp3) is 0.588. The normalized spacial score (nSPS) is 21.1. The second-order valence-electron chi connectivity index (χ2n) is 5.75. The molecule has 5 heteroatoms. The van der Waals surface area contributed by atoms with E-state index in [1.54, 1.807) is 6.92 Å². The van der Waals surface area contributed by atoms with Crippen LogP contribution in [0.25, 0.3) is 0 Å². The van der Waals surface area contributed by atoms with E-state index in [0.717, 1.165) is 31.5 Å². The molecule has 4 nitrogen and oxygen atoms in total. The molecule has 122 valence electrons. The highest BCUT2D eigenvalue weighted by Crippen LogP contribution is 2.38. The predicted octanol–water partition coefficient (Wildman–Crippen LogP) is 3.13. The quantitative estimate of drug-likeness (QED) is 0.816. The van der Waals surface area contributed by atoms with Gasteiger partial charge in [0.1, 0.15) is 6.61 Å². The van der Waals surface area contributed by atoms with Gasteiger partial charge in [0, 0.05) is 17.5 Å². The number of benzene rings is 1. The van der Waals surface area contributed by atoms with Crippen LogP contribution in [0.15, 0.2) is 24.3 Å². The van der Waals surface area contributed by atoms with Gasteiger partial charge in [0.15, 0.2) is 0 Å². The summed E-state index contributed by atoms with van der Waals surface area (Å²) in [6, 6.07) is 7.68. The molecule has 22 heavy (non-hydrogen) atoms. The van der Waals surface area contributed by atoms with Crippen molar-refractivity contribution in [3.8, 4) is 0 Å². The van der Waals surface area contributed by atoms with Crippen LogP contribution >= 0.6 is 11.6 Å². The zero-order chi connectivity index (χ0) is 16.0. The molecule has 1 N–H and O–H groups in total. The Balaban J connectivity index is 2.21. The lowest BCUT2D eigenvalue weighted by atomic mass is 9.78. The van der Waals surface area contributed by atoms with Gasteiger partial charge in [-0.25, -0.2) is 4.79 Å². The molecule has 1 fully saturated rings. The van der Waals surface area contributed by atoms with Crippen molar-refractivity contribution in [1.29, 1.82) is 0 Å². The Morgan fingerprint density at radius 3 is 2.95 bits per heavy atom. The van der Waals surface area contributed by atoms with E-state index in [9.17, 15) is 4.79 Å². The lowest BCUT2D eigenvalue weighted by molar-refractivity contribution is -0.160. The minimum absolute atomic E-state index is 0.0483. The number of hydrogen-bond donors (Lipinski definition) is 1. The van der Waals surface area contributed by atoms with Crippen LogP contribution in [0.1, 0.15) is 32.3 Å². The largest absolute Gasteiger partial charge is 0.464 e. The Kier molecular flexibility index (Phi) is 6.24. The maximum absolute atomic E-state index is 11.7. The minimum atomic E-state index is -0.564. The number of esters is 1. The van der Waals surface area contributed by atoms with Crippen molar-refractivity contribution in [3.05, 3.63) is 34.9 Å². The monoisotopic (exact) mass is 325 g/mol. The van der Waals surface area contributed by atoms with Gasteiger partial charge in [0.05, 0.1) is 12.2 Å². The second-order valence-corrected chi connectivity index (χ2v) is 6.19. The van der Waals surface area contributed by atoms with Crippen LogP contribution in [0, 0.1) is 5.92 Å². The Morgan fingerprint density at radius 2 is 2.32 bits per heavy atom. The molecule has 1 saturated heterocycles. The molecular weight excluding hydrogens is 302 g/mol. The highest BCUT2D eigenvalue weighted by molar-refractivity contribution is 6.30. The van der Waals surface area contributed by atoms with E-state index in [4.69, 9.17) is 21.1 Å². The zero-order valence-electron chi connectivity index (χ0n) is 13.2. The number of rotatable bonds is 6. The summed E-state index contributed by atoms with van der Waals surface area (Å²) in [6.07, 6.45) is 2.16. The van der Waals surface area contributed by atoms with Gasteiger partial charge in [0.2, 0.25) is 0 Å². The fourth-order valence-electron chi connectivity index (χ4n) is 2.97. The molecular formula is C17H24ClNO3. The van der Waals surface area contributed by atoms with Crippen LogP contribution in [-0.4, -0.2) is 32.3 Å². The summed E-state index contributed by atoms with van der Waals surface area (Å²) in [6.45, 7) is 6.04. The third-order valence-electron chi connectivity index (χ3n) is 4.27. The Hall–Kier alpha value is -1.10. The molecule has 0 bridgehead atoms. The highest BCUT2D eigenvalue weighted by Gasteiger charge is 2.38. The summed E-state index contributed by atoms with van der Waals surface area (Å²) >= 11 is 6.14. The molecule has 1 heterocycles. The number of nitrogens with one attached hydrogen (secondary N) is 1. The van der Waals surface area contributed by atoms with Crippen molar-refractivity contribution < 1.29 is 14.3 Å². The Labute approximate surface area is 137 Å². The molecule has 0 aromatic heterocycles. The molecule has 2 atom stereocenters. The summed E-state index contributed by atoms with van der Waals surface area (Å²) in [5.74, 6) is -0.0475. The number of ether oxygens (including phenoxy) is 2. The molecule has 1 aliphatic rings. The predicted molar refractivity (Wildman–Crippen MR) is 87.0 cm³/mol. The van der Waals surface area contributed by atoms with Crippen molar-refractivity contribution in [2.24, 2.45) is 5.92 Å². The Bertz CT molecular complexity index is 502. The van der Waals surface area contributed by atoms with Crippen LogP contribution in [0.5, 0.6) is 0 Å². The van der Waals surface area contributed by atoms with Crippen LogP contribution in [-0.2, 0) is 19.9 Å². The summed E-state index contributed by atoms with van der Waals surface area (Å²) in [5, 5.41) is 4.08. The average molecular weight is 326 g/mol. The van der Waals surface area contributed by atoms with E-state index < -0.39 is 5.60 Å². The topological polar surface area (TPSA) is 47.6 Å². The highest BCUT2D eigenvalue weighted by atomic mass is 35.5. The molecule has 0 saturated carbocycles. The molecule has 2 rings (SSSR count). The third-order valence-corrected chi connectivity index (χ3v) is 4.50. The first-order valence-corrected chi connectivity index (χ1v) is 8.20. The van der Waals surface area contributed by atoms with Crippen molar-refractivity contribution in [3.63, 3.8) is 0 Å². The zero-order valence-corrected chi connectivity index (χ0v) is 14.0. The number of halogens is 1. The minimum Gasteiger partial charge on any atom is -0.464 e. The first-order valence-electron chi connectivity index (χ1n) is 7.82. The molecule has 0 aliphatic carbocycles. The lowest BCUT2D eigenvalue weighted by Gasteiger charge is -2.40. The van der Waals surface area contributed by atoms with E-state index >= 15 is 0 Å². The number of hydrogen-bond acceptors (Lipinski definition) is 4. The van der Waals surface area contributed by atoms with E-state index in [1.165, 1.54) is 0 Å². The summed E-state index contributed by atoms with van der Waals surface area (Å²) in [5.41, 5.74) is 0.434. The van der Waals surface area contributed by atoms with Gasteiger partial charge in [-0.2, -0.15) is 0 Å². The SMILES string of the molecule is CCOC(=O)CO[C@@](C)(c1cccc(Cl)c1)C1CCCNC1. The van der Waals surface area contributed by atoms with Crippen molar-refractivity contribution >= 4 is 17.6 Å². The molecule has 1 unspecified atom stereocenters. The molecule has 1 aromatic rings. The van der Waals surface area contributed by atoms with Gasteiger partial charge in [-0.1, -0.05) is 23.7 Å². The van der Waals surface area contributed by atoms with Gasteiger partial charge < -0.3 is 14.8 Å². The summed E-state index contributed by atoms with van der Waals surface area (Å²) in [4.78, 5) is 11.7. The number of carbonyl (C=O) groups is 1. The third kappa shape index (κ3) is 4.22. The van der Waals surface area contributed by atoms with Crippen LogP contribution in [0.4, 0.5) is 0 Å². The fourth-order valence-corrected chi connectivity index (χ4v) is 3.16. The smallest absolute Gasteiger partial charge is 0.332 e. The second kappa shape index (κ2) is 7.95. The summed E-state index contributed by atoms with van der Waals surface area (Å²) < 4.78 is 11.0. The number of carbonyl (C=O) groups excluding carboxylic acids is 1. The number of piperidine rings is 1. The van der Waals surface area contributed by atoms with E-state index in [1.807, 2.05) is 31.2 Å². The molecule has 0 radical (unpaired) electrons.